The molecular formula is C23H49N3O12. The molecule has 2 heterocycles. The molecule has 13 N–H and O–H groups in total. The molecule has 1 saturated carbocycles. The van der Waals surface area contributed by atoms with E-state index in [0.29, 0.717) is 38.8 Å². The molecule has 3 rings (SSSR count). The second-order valence-corrected chi connectivity index (χ2v) is 9.59. The molecule has 7 unspecified atom stereocenters. The van der Waals surface area contributed by atoms with Crippen LogP contribution in [0.5, 0.6) is 0 Å². The van der Waals surface area contributed by atoms with E-state index in [9.17, 15) is 20.4 Å². The first-order valence-corrected chi connectivity index (χ1v) is 13.0. The Balaban J connectivity index is 0.000000548. The first-order valence-electron chi connectivity index (χ1n) is 13.0. The Bertz CT molecular complexity index is 582. The zero-order chi connectivity index (χ0) is 28.7. The van der Waals surface area contributed by atoms with Gasteiger partial charge in [0, 0.05) is 45.1 Å². The topological polar surface area (TPSA) is 260 Å². The third-order valence-corrected chi connectivity index (χ3v) is 6.50. The molecule has 0 aromatic carbocycles. The number of nitrogens with two attached hydrogens (primary N) is 1. The van der Waals surface area contributed by atoms with Gasteiger partial charge in [0.2, 0.25) is 0 Å². The molecule has 15 nitrogen and oxygen atoms in total. The van der Waals surface area contributed by atoms with Crippen LogP contribution in [0.4, 0.5) is 0 Å². The van der Waals surface area contributed by atoms with E-state index < -0.39 is 61.3 Å². The highest BCUT2D eigenvalue weighted by molar-refractivity contribution is 4.94. The van der Waals surface area contributed by atoms with Gasteiger partial charge in [-0.05, 0) is 19.3 Å². The summed E-state index contributed by atoms with van der Waals surface area (Å²) in [7, 11) is 1.00. The molecule has 228 valence electrons. The van der Waals surface area contributed by atoms with Crippen LogP contribution in [0.3, 0.4) is 0 Å². The largest absolute Gasteiger partial charge is 0.400 e. The number of aliphatic hydroxyl groups is 9. The molecule has 10 atom stereocenters. The number of aliphatic hydroxyl groups excluding tert-OH is 9. The second kappa shape index (κ2) is 19.5. The monoisotopic (exact) mass is 559 g/mol. The summed E-state index contributed by atoms with van der Waals surface area (Å²) in [6.45, 7) is 0.551. The van der Waals surface area contributed by atoms with Crippen LogP contribution in [0.25, 0.3) is 0 Å². The Labute approximate surface area is 223 Å². The predicted octanol–water partition coefficient (Wildman–Crippen LogP) is -5.33. The van der Waals surface area contributed by atoms with E-state index in [-0.39, 0.29) is 38.9 Å². The van der Waals surface area contributed by atoms with Crippen LogP contribution in [-0.2, 0) is 14.2 Å². The third kappa shape index (κ3) is 12.3. The summed E-state index contributed by atoms with van der Waals surface area (Å²) in [5, 5.41) is 87.1. The maximum atomic E-state index is 10.5. The van der Waals surface area contributed by atoms with Gasteiger partial charge in [0.15, 0.2) is 12.6 Å². The molecular weight excluding hydrogens is 510 g/mol. The molecule has 15 heteroatoms. The average Bonchev–Trinajstić information content (AvgIpc) is 2.90. The molecule has 0 radical (unpaired) electrons. The first kappa shape index (κ1) is 35.4. The molecule has 38 heavy (non-hydrogen) atoms. The Morgan fingerprint density at radius 2 is 1.61 bits per heavy atom. The number of hydrogen-bond acceptors (Lipinski definition) is 15. The van der Waals surface area contributed by atoms with Crippen molar-refractivity contribution in [1.82, 2.24) is 10.6 Å². The first-order chi connectivity index (χ1) is 18.2. The van der Waals surface area contributed by atoms with Gasteiger partial charge in [-0.3, -0.25) is 0 Å². The van der Waals surface area contributed by atoms with Crippen LogP contribution in [0.1, 0.15) is 32.1 Å². The van der Waals surface area contributed by atoms with Gasteiger partial charge in [0.05, 0.1) is 56.9 Å². The van der Waals surface area contributed by atoms with Gasteiger partial charge in [-0.1, -0.05) is 0 Å². The van der Waals surface area contributed by atoms with E-state index in [1.54, 1.807) is 0 Å². The minimum atomic E-state index is -1.12. The maximum absolute atomic E-state index is 10.5. The highest BCUT2D eigenvalue weighted by Crippen LogP contribution is 2.27. The Morgan fingerprint density at radius 3 is 2.16 bits per heavy atom. The Hall–Kier alpha value is -0.600. The predicted molar refractivity (Wildman–Crippen MR) is 134 cm³/mol. The van der Waals surface area contributed by atoms with Crippen molar-refractivity contribution in [2.75, 3.05) is 46.6 Å². The zero-order valence-electron chi connectivity index (χ0n) is 22.0. The smallest absolute Gasteiger partial charge is 0.181 e. The average molecular weight is 560 g/mol. The lowest BCUT2D eigenvalue weighted by Crippen LogP contribution is -2.58. The van der Waals surface area contributed by atoms with Crippen LogP contribution in [0.2, 0.25) is 0 Å². The second-order valence-electron chi connectivity index (χ2n) is 9.59. The zero-order valence-corrected chi connectivity index (χ0v) is 22.0. The summed E-state index contributed by atoms with van der Waals surface area (Å²) >= 11 is 0. The van der Waals surface area contributed by atoms with Crippen LogP contribution >= 0.6 is 0 Å². The van der Waals surface area contributed by atoms with Gasteiger partial charge < -0.3 is 76.5 Å². The fourth-order valence-corrected chi connectivity index (χ4v) is 4.51. The molecule has 0 spiro atoms. The maximum Gasteiger partial charge on any atom is 0.181 e. The van der Waals surface area contributed by atoms with E-state index >= 15 is 0 Å². The molecule has 1 aliphatic carbocycles. The summed E-state index contributed by atoms with van der Waals surface area (Å²) in [5.41, 5.74) is 6.20. The van der Waals surface area contributed by atoms with Crippen LogP contribution in [0, 0.1) is 0 Å². The minimum absolute atomic E-state index is 0.00842. The lowest BCUT2D eigenvalue weighted by molar-refractivity contribution is -0.255. The molecule has 2 aliphatic heterocycles. The van der Waals surface area contributed by atoms with Crippen molar-refractivity contribution in [3.8, 4) is 0 Å². The highest BCUT2D eigenvalue weighted by Gasteiger charge is 2.40. The van der Waals surface area contributed by atoms with Gasteiger partial charge in [-0.25, -0.2) is 0 Å². The van der Waals surface area contributed by atoms with E-state index in [4.69, 9.17) is 40.7 Å². The van der Waals surface area contributed by atoms with Gasteiger partial charge in [0.1, 0.15) is 12.2 Å². The van der Waals surface area contributed by atoms with Crippen molar-refractivity contribution < 1.29 is 60.2 Å². The van der Waals surface area contributed by atoms with Crippen molar-refractivity contribution in [3.63, 3.8) is 0 Å². The summed E-state index contributed by atoms with van der Waals surface area (Å²) < 4.78 is 16.3. The summed E-state index contributed by atoms with van der Waals surface area (Å²) in [6, 6.07) is -0.989. The van der Waals surface area contributed by atoms with Crippen LogP contribution in [0.15, 0.2) is 0 Å². The van der Waals surface area contributed by atoms with Gasteiger partial charge in [-0.15, -0.1) is 0 Å². The summed E-state index contributed by atoms with van der Waals surface area (Å²) in [4.78, 5) is 0. The van der Waals surface area contributed by atoms with Crippen molar-refractivity contribution in [2.24, 2.45) is 5.73 Å². The molecule has 3 aliphatic rings. The molecule has 3 fully saturated rings. The lowest BCUT2D eigenvalue weighted by atomic mass is 9.86. The molecule has 0 aromatic rings. The quantitative estimate of drug-likeness (QED) is 0.112. The van der Waals surface area contributed by atoms with E-state index in [2.05, 4.69) is 15.4 Å². The Kier molecular flexibility index (Phi) is 18.2. The lowest BCUT2D eigenvalue weighted by Gasteiger charge is -2.42. The van der Waals surface area contributed by atoms with Crippen LogP contribution < -0.4 is 16.4 Å². The van der Waals surface area contributed by atoms with Gasteiger partial charge in [0.25, 0.3) is 0 Å². The van der Waals surface area contributed by atoms with E-state index in [0.717, 1.165) is 7.11 Å². The molecule has 0 aromatic heterocycles. The van der Waals surface area contributed by atoms with Crippen molar-refractivity contribution in [1.29, 1.82) is 0 Å². The van der Waals surface area contributed by atoms with Gasteiger partial charge in [-0.2, -0.15) is 0 Å². The minimum Gasteiger partial charge on any atom is -0.400 e. The third-order valence-electron chi connectivity index (χ3n) is 6.50. The van der Waals surface area contributed by atoms with Crippen molar-refractivity contribution in [3.05, 3.63) is 0 Å². The standard InChI is InChI=1S/C17H35N3O7.C5H10O4.CH4O/c18-12-5-10(20-11(8-22)9-23)6-14(25)17(12)27-16-2-1-13(24)15(26-16)7-19-3-4-21;6-3-1-4(7)5(8)9-2-3;1-2/h10-17,19-25H,1-9,18H2;3-8H,1-2H2;2H,1H3/t10?,12?,13-,14?,15?,16+,17+;;/m0../s1. The number of nitrogens with one attached hydrogen (secondary N) is 2. The fraction of sp³-hybridized carbons (Fsp3) is 1.00. The normalized spacial score (nSPS) is 37.6. The number of ether oxygens (including phenoxy) is 3. The molecule has 0 amide bonds. The van der Waals surface area contributed by atoms with Crippen molar-refractivity contribution in [2.45, 2.75) is 99.4 Å². The summed E-state index contributed by atoms with van der Waals surface area (Å²) in [6.07, 6.45) is -3.54. The highest BCUT2D eigenvalue weighted by atomic mass is 16.7. The fourth-order valence-electron chi connectivity index (χ4n) is 4.51. The Morgan fingerprint density at radius 1 is 0.921 bits per heavy atom. The van der Waals surface area contributed by atoms with E-state index in [1.165, 1.54) is 0 Å². The van der Waals surface area contributed by atoms with Gasteiger partial charge >= 0.3 is 0 Å². The summed E-state index contributed by atoms with van der Waals surface area (Å²) in [5.74, 6) is 0. The number of hydrogen-bond donors (Lipinski definition) is 12. The van der Waals surface area contributed by atoms with E-state index in [1.807, 2.05) is 0 Å². The SMILES string of the molecule is CO.NC1CC(NC(CO)CO)CC(O)[C@@H]1O[C@@H]1CC[C@H](O)C(CNCCO)O1.OC1COC(O)C(O)C1. The number of rotatable bonds is 10. The molecule has 2 saturated heterocycles. The molecule has 0 bridgehead atoms. The van der Waals surface area contributed by atoms with Crippen LogP contribution in [-0.4, -0.2) is 160 Å². The van der Waals surface area contributed by atoms with Crippen molar-refractivity contribution >= 4 is 0 Å².